The number of aromatic nitrogens is 2. The van der Waals surface area contributed by atoms with Gasteiger partial charge < -0.3 is 14.7 Å². The van der Waals surface area contributed by atoms with E-state index >= 15 is 0 Å². The Morgan fingerprint density at radius 2 is 2.39 bits per heavy atom. The Kier molecular flexibility index (Phi) is 4.33. The molecule has 18 heavy (non-hydrogen) atoms. The van der Waals surface area contributed by atoms with Crippen molar-refractivity contribution in [3.05, 3.63) is 18.5 Å². The number of morpholine rings is 1. The molecule has 1 aromatic heterocycles. The van der Waals surface area contributed by atoms with Gasteiger partial charge in [-0.2, -0.15) is 5.10 Å². The summed E-state index contributed by atoms with van der Waals surface area (Å²) in [4.78, 5) is 13.8. The fourth-order valence-electron chi connectivity index (χ4n) is 2.15. The molecule has 0 aliphatic carbocycles. The van der Waals surface area contributed by atoms with Crippen molar-refractivity contribution < 1.29 is 14.6 Å². The number of hydrogen-bond donors (Lipinski definition) is 1. The van der Waals surface area contributed by atoms with E-state index in [0.29, 0.717) is 26.1 Å². The van der Waals surface area contributed by atoms with Gasteiger partial charge in [0.15, 0.2) is 0 Å². The van der Waals surface area contributed by atoms with Crippen LogP contribution >= 0.6 is 0 Å². The minimum absolute atomic E-state index is 0.0236. The van der Waals surface area contributed by atoms with Crippen LogP contribution in [0.2, 0.25) is 0 Å². The van der Waals surface area contributed by atoms with Crippen LogP contribution in [0.25, 0.3) is 0 Å². The number of aryl methyl sites for hydroxylation is 1. The number of rotatable bonds is 4. The van der Waals surface area contributed by atoms with Crippen molar-refractivity contribution >= 4 is 5.91 Å². The van der Waals surface area contributed by atoms with E-state index < -0.39 is 0 Å². The first-order valence-electron chi connectivity index (χ1n) is 6.20. The van der Waals surface area contributed by atoms with Gasteiger partial charge in [0.1, 0.15) is 0 Å². The standard InChI is InChI=1S/C12H19N3O3/c1-10-7-14(8-11(9-16)18-10)12(17)3-6-15-5-2-4-13-15/h2,4-5,10-11,16H,3,6-9H2,1H3. The van der Waals surface area contributed by atoms with Gasteiger partial charge in [0, 0.05) is 38.4 Å². The Morgan fingerprint density at radius 3 is 3.06 bits per heavy atom. The molecular formula is C12H19N3O3. The Hall–Kier alpha value is -1.40. The van der Waals surface area contributed by atoms with Crippen LogP contribution in [0.1, 0.15) is 13.3 Å². The van der Waals surface area contributed by atoms with Crippen LogP contribution in [0.4, 0.5) is 0 Å². The van der Waals surface area contributed by atoms with E-state index in [1.54, 1.807) is 15.8 Å². The first kappa shape index (κ1) is 13.0. The summed E-state index contributed by atoms with van der Waals surface area (Å²) in [6.45, 7) is 3.51. The Labute approximate surface area is 106 Å². The molecule has 1 saturated heterocycles. The van der Waals surface area contributed by atoms with Gasteiger partial charge in [0.25, 0.3) is 0 Å². The quantitative estimate of drug-likeness (QED) is 0.812. The fraction of sp³-hybridized carbons (Fsp3) is 0.667. The summed E-state index contributed by atoms with van der Waals surface area (Å²) in [7, 11) is 0. The number of ether oxygens (including phenoxy) is 1. The molecule has 1 N–H and O–H groups in total. The van der Waals surface area contributed by atoms with Crippen molar-refractivity contribution in [3.8, 4) is 0 Å². The van der Waals surface area contributed by atoms with Gasteiger partial charge in [-0.25, -0.2) is 0 Å². The lowest BCUT2D eigenvalue weighted by molar-refractivity contribution is -0.147. The maximum atomic E-state index is 12.0. The van der Waals surface area contributed by atoms with Crippen molar-refractivity contribution in [1.29, 1.82) is 0 Å². The molecule has 0 saturated carbocycles. The lowest BCUT2D eigenvalue weighted by Crippen LogP contribution is -2.50. The Bertz CT molecular complexity index is 380. The molecule has 6 nitrogen and oxygen atoms in total. The Morgan fingerprint density at radius 1 is 1.56 bits per heavy atom. The molecule has 6 heteroatoms. The number of amides is 1. The normalized spacial score (nSPS) is 24.2. The van der Waals surface area contributed by atoms with Gasteiger partial charge >= 0.3 is 0 Å². The van der Waals surface area contributed by atoms with Gasteiger partial charge in [-0.3, -0.25) is 9.48 Å². The van der Waals surface area contributed by atoms with Crippen LogP contribution in [0.3, 0.4) is 0 Å². The highest BCUT2D eigenvalue weighted by Gasteiger charge is 2.27. The van der Waals surface area contributed by atoms with E-state index in [4.69, 9.17) is 9.84 Å². The number of nitrogens with zero attached hydrogens (tertiary/aromatic N) is 3. The molecule has 1 aliphatic heterocycles. The highest BCUT2D eigenvalue weighted by Crippen LogP contribution is 2.12. The molecule has 0 radical (unpaired) electrons. The third-order valence-electron chi connectivity index (χ3n) is 3.00. The summed E-state index contributed by atoms with van der Waals surface area (Å²) in [6, 6.07) is 1.84. The summed E-state index contributed by atoms with van der Waals surface area (Å²) in [5.74, 6) is 0.0825. The van der Waals surface area contributed by atoms with Gasteiger partial charge in [-0.1, -0.05) is 0 Å². The molecule has 1 aliphatic rings. The summed E-state index contributed by atoms with van der Waals surface area (Å²) in [5.41, 5.74) is 0. The van der Waals surface area contributed by atoms with E-state index in [-0.39, 0.29) is 24.7 Å². The van der Waals surface area contributed by atoms with Crippen LogP contribution in [0.15, 0.2) is 18.5 Å². The molecule has 0 spiro atoms. The molecule has 1 fully saturated rings. The third kappa shape index (κ3) is 3.30. The predicted octanol–water partition coefficient (Wildman–Crippen LogP) is -0.119. The number of carbonyl (C=O) groups excluding carboxylic acids is 1. The summed E-state index contributed by atoms with van der Waals surface area (Å²) < 4.78 is 7.25. The largest absolute Gasteiger partial charge is 0.394 e. The molecule has 2 rings (SSSR count). The third-order valence-corrected chi connectivity index (χ3v) is 3.00. The first-order chi connectivity index (χ1) is 8.69. The second kappa shape index (κ2) is 5.97. The highest BCUT2D eigenvalue weighted by atomic mass is 16.5. The smallest absolute Gasteiger partial charge is 0.224 e. The monoisotopic (exact) mass is 253 g/mol. The van der Waals surface area contributed by atoms with Crippen molar-refractivity contribution in [2.45, 2.75) is 32.1 Å². The summed E-state index contributed by atoms with van der Waals surface area (Å²) in [6.07, 6.45) is 3.67. The second-order valence-corrected chi connectivity index (χ2v) is 4.57. The molecule has 100 valence electrons. The van der Waals surface area contributed by atoms with Crippen molar-refractivity contribution in [2.24, 2.45) is 0 Å². The minimum Gasteiger partial charge on any atom is -0.394 e. The number of aliphatic hydroxyl groups is 1. The average Bonchev–Trinajstić information content (AvgIpc) is 2.88. The molecule has 2 unspecified atom stereocenters. The fourth-order valence-corrected chi connectivity index (χ4v) is 2.15. The SMILES string of the molecule is CC1CN(C(=O)CCn2cccn2)CC(CO)O1. The van der Waals surface area contributed by atoms with Crippen LogP contribution < -0.4 is 0 Å². The average molecular weight is 253 g/mol. The highest BCUT2D eigenvalue weighted by molar-refractivity contribution is 5.76. The maximum Gasteiger partial charge on any atom is 0.224 e. The molecule has 2 heterocycles. The van der Waals surface area contributed by atoms with Crippen molar-refractivity contribution in [1.82, 2.24) is 14.7 Å². The van der Waals surface area contributed by atoms with Gasteiger partial charge in [-0.05, 0) is 13.0 Å². The van der Waals surface area contributed by atoms with Crippen molar-refractivity contribution in [2.75, 3.05) is 19.7 Å². The van der Waals surface area contributed by atoms with E-state index in [1.165, 1.54) is 0 Å². The molecule has 0 bridgehead atoms. The van der Waals surface area contributed by atoms with Crippen LogP contribution in [0, 0.1) is 0 Å². The van der Waals surface area contributed by atoms with Crippen LogP contribution in [-0.2, 0) is 16.1 Å². The zero-order valence-electron chi connectivity index (χ0n) is 10.5. The van der Waals surface area contributed by atoms with E-state index in [2.05, 4.69) is 5.10 Å². The number of carbonyl (C=O) groups is 1. The predicted molar refractivity (Wildman–Crippen MR) is 64.8 cm³/mol. The zero-order valence-corrected chi connectivity index (χ0v) is 10.5. The molecule has 2 atom stereocenters. The molecular weight excluding hydrogens is 234 g/mol. The van der Waals surface area contributed by atoms with Gasteiger partial charge in [-0.15, -0.1) is 0 Å². The van der Waals surface area contributed by atoms with E-state index in [0.717, 1.165) is 0 Å². The van der Waals surface area contributed by atoms with Crippen LogP contribution in [-0.4, -0.2) is 57.6 Å². The van der Waals surface area contributed by atoms with Crippen LogP contribution in [0.5, 0.6) is 0 Å². The summed E-state index contributed by atoms with van der Waals surface area (Å²) in [5, 5.41) is 13.2. The maximum absolute atomic E-state index is 12.0. The summed E-state index contributed by atoms with van der Waals surface area (Å²) >= 11 is 0. The lowest BCUT2D eigenvalue weighted by Gasteiger charge is -2.36. The molecule has 1 aromatic rings. The number of aliphatic hydroxyl groups excluding tert-OH is 1. The van der Waals surface area contributed by atoms with E-state index in [9.17, 15) is 4.79 Å². The lowest BCUT2D eigenvalue weighted by atomic mass is 10.2. The minimum atomic E-state index is -0.262. The van der Waals surface area contributed by atoms with Gasteiger partial charge in [0.2, 0.25) is 5.91 Å². The van der Waals surface area contributed by atoms with Crippen molar-refractivity contribution in [3.63, 3.8) is 0 Å². The van der Waals surface area contributed by atoms with E-state index in [1.807, 2.05) is 19.2 Å². The topological polar surface area (TPSA) is 67.6 Å². The molecule has 1 amide bonds. The second-order valence-electron chi connectivity index (χ2n) is 4.57. The van der Waals surface area contributed by atoms with Gasteiger partial charge in [0.05, 0.1) is 18.8 Å². The molecule has 0 aromatic carbocycles. The Balaban J connectivity index is 1.84. The zero-order chi connectivity index (χ0) is 13.0. The first-order valence-corrected chi connectivity index (χ1v) is 6.20. The number of hydrogen-bond acceptors (Lipinski definition) is 4.